The molecule has 1 saturated carbocycles. The van der Waals surface area contributed by atoms with Gasteiger partial charge in [0.15, 0.2) is 0 Å². The van der Waals surface area contributed by atoms with Crippen LogP contribution in [-0.2, 0) is 4.79 Å². The molecule has 4 heteroatoms. The van der Waals surface area contributed by atoms with Crippen molar-refractivity contribution in [1.82, 2.24) is 10.6 Å². The van der Waals surface area contributed by atoms with Gasteiger partial charge in [0.25, 0.3) is 0 Å². The molecule has 2 fully saturated rings. The van der Waals surface area contributed by atoms with E-state index in [1.54, 1.807) is 0 Å². The van der Waals surface area contributed by atoms with Crippen molar-refractivity contribution in [3.05, 3.63) is 0 Å². The Hall–Kier alpha value is -0.280. The average molecular weight is 247 g/mol. The summed E-state index contributed by atoms with van der Waals surface area (Å²) in [7, 11) is 0. The lowest BCUT2D eigenvalue weighted by Crippen LogP contribution is -2.46. The van der Waals surface area contributed by atoms with Gasteiger partial charge in [0, 0.05) is 12.0 Å². The molecule has 1 heterocycles. The molecule has 1 aliphatic heterocycles. The number of hydrogen-bond donors (Lipinski definition) is 2. The third-order valence-corrected chi connectivity index (χ3v) is 3.96. The molecule has 1 unspecified atom stereocenters. The summed E-state index contributed by atoms with van der Waals surface area (Å²) in [6.07, 6.45) is 5.86. The summed E-state index contributed by atoms with van der Waals surface area (Å²) >= 11 is 0. The molecule has 0 aromatic heterocycles. The maximum absolute atomic E-state index is 11.9. The van der Waals surface area contributed by atoms with Crippen LogP contribution in [0.3, 0.4) is 0 Å². The van der Waals surface area contributed by atoms with E-state index < -0.39 is 0 Å². The van der Waals surface area contributed by atoms with E-state index in [9.17, 15) is 4.79 Å². The summed E-state index contributed by atoms with van der Waals surface area (Å²) in [6, 6.07) is 0. The minimum absolute atomic E-state index is 0. The van der Waals surface area contributed by atoms with Crippen molar-refractivity contribution in [2.24, 2.45) is 11.3 Å². The molecule has 0 aromatic carbocycles. The van der Waals surface area contributed by atoms with Crippen LogP contribution in [0.1, 0.15) is 39.0 Å². The summed E-state index contributed by atoms with van der Waals surface area (Å²) in [5, 5.41) is 6.49. The molecular formula is C12H23ClN2O. The molecule has 2 rings (SSSR count). The van der Waals surface area contributed by atoms with Crippen LogP contribution in [-0.4, -0.2) is 25.5 Å². The predicted octanol–water partition coefficient (Wildman–Crippen LogP) is 1.71. The first-order chi connectivity index (χ1) is 7.21. The first kappa shape index (κ1) is 13.8. The molecule has 1 atom stereocenters. The highest BCUT2D eigenvalue weighted by Crippen LogP contribution is 2.40. The molecule has 1 saturated heterocycles. The molecule has 2 N–H and O–H groups in total. The van der Waals surface area contributed by atoms with Crippen LogP contribution in [0.4, 0.5) is 0 Å². The molecule has 16 heavy (non-hydrogen) atoms. The highest BCUT2D eigenvalue weighted by Gasteiger charge is 2.39. The minimum atomic E-state index is -0.0396. The van der Waals surface area contributed by atoms with Gasteiger partial charge < -0.3 is 10.6 Å². The molecule has 0 spiro atoms. The fraction of sp³-hybridized carbons (Fsp3) is 0.917. The summed E-state index contributed by atoms with van der Waals surface area (Å²) in [5.41, 5.74) is -0.0396. The zero-order valence-electron chi connectivity index (χ0n) is 10.1. The Balaban J connectivity index is 0.00000128. The largest absolute Gasteiger partial charge is 0.355 e. The fourth-order valence-electron chi connectivity index (χ4n) is 2.48. The lowest BCUT2D eigenvalue weighted by atomic mass is 9.70. The van der Waals surface area contributed by atoms with Crippen LogP contribution in [0.2, 0.25) is 0 Å². The second kappa shape index (κ2) is 5.87. The third kappa shape index (κ3) is 3.11. The summed E-state index contributed by atoms with van der Waals surface area (Å²) in [6.45, 7) is 5.16. The Bertz CT molecular complexity index is 235. The van der Waals surface area contributed by atoms with Crippen molar-refractivity contribution in [2.75, 3.05) is 19.6 Å². The van der Waals surface area contributed by atoms with Crippen molar-refractivity contribution >= 4 is 18.3 Å². The highest BCUT2D eigenvalue weighted by molar-refractivity contribution is 5.85. The summed E-state index contributed by atoms with van der Waals surface area (Å²) in [4.78, 5) is 11.9. The van der Waals surface area contributed by atoms with Gasteiger partial charge in [0.05, 0.1) is 0 Å². The maximum Gasteiger partial charge on any atom is 0.225 e. The van der Waals surface area contributed by atoms with E-state index in [1.165, 1.54) is 19.3 Å². The van der Waals surface area contributed by atoms with Gasteiger partial charge in [0.2, 0.25) is 5.91 Å². The lowest BCUT2D eigenvalue weighted by Gasteiger charge is -2.37. The van der Waals surface area contributed by atoms with Crippen LogP contribution in [0.25, 0.3) is 0 Å². The number of rotatable bonds is 3. The van der Waals surface area contributed by atoms with Crippen molar-refractivity contribution in [2.45, 2.75) is 39.0 Å². The van der Waals surface area contributed by atoms with Gasteiger partial charge in [-0.05, 0) is 44.7 Å². The highest BCUT2D eigenvalue weighted by atomic mass is 35.5. The molecule has 0 aromatic rings. The SMILES string of the molecule is CC1(C(=O)NCC2CCCNC2)CCC1.Cl. The van der Waals surface area contributed by atoms with E-state index in [2.05, 4.69) is 17.6 Å². The number of nitrogens with one attached hydrogen (secondary N) is 2. The molecule has 3 nitrogen and oxygen atoms in total. The Kier molecular flexibility index (Phi) is 5.06. The van der Waals surface area contributed by atoms with Gasteiger partial charge in [-0.15, -0.1) is 12.4 Å². The van der Waals surface area contributed by atoms with Crippen LogP contribution in [0.15, 0.2) is 0 Å². The lowest BCUT2D eigenvalue weighted by molar-refractivity contribution is -0.134. The van der Waals surface area contributed by atoms with Gasteiger partial charge in [-0.25, -0.2) is 0 Å². The third-order valence-electron chi connectivity index (χ3n) is 3.96. The van der Waals surface area contributed by atoms with E-state index in [0.717, 1.165) is 32.5 Å². The van der Waals surface area contributed by atoms with E-state index in [0.29, 0.717) is 5.92 Å². The topological polar surface area (TPSA) is 41.1 Å². The van der Waals surface area contributed by atoms with Gasteiger partial charge in [-0.3, -0.25) is 4.79 Å². The molecule has 94 valence electrons. The maximum atomic E-state index is 11.9. The van der Waals surface area contributed by atoms with Crippen LogP contribution in [0.5, 0.6) is 0 Å². The first-order valence-electron chi connectivity index (χ1n) is 6.20. The number of amides is 1. The number of piperidine rings is 1. The number of carbonyl (C=O) groups is 1. The van der Waals surface area contributed by atoms with Crippen LogP contribution < -0.4 is 10.6 Å². The number of carbonyl (C=O) groups excluding carboxylic acids is 1. The summed E-state index contributed by atoms with van der Waals surface area (Å²) in [5.74, 6) is 0.922. The number of hydrogen-bond acceptors (Lipinski definition) is 2. The van der Waals surface area contributed by atoms with Crippen LogP contribution >= 0.6 is 12.4 Å². The Morgan fingerprint density at radius 1 is 1.44 bits per heavy atom. The average Bonchev–Trinajstić information content (AvgIpc) is 2.24. The van der Waals surface area contributed by atoms with Crippen molar-refractivity contribution in [3.63, 3.8) is 0 Å². The molecule has 0 bridgehead atoms. The van der Waals surface area contributed by atoms with E-state index in [-0.39, 0.29) is 23.7 Å². The Morgan fingerprint density at radius 2 is 2.19 bits per heavy atom. The van der Waals surface area contributed by atoms with Gasteiger partial charge >= 0.3 is 0 Å². The van der Waals surface area contributed by atoms with Crippen LogP contribution in [0, 0.1) is 11.3 Å². The quantitative estimate of drug-likeness (QED) is 0.796. The molecule has 1 amide bonds. The smallest absolute Gasteiger partial charge is 0.225 e. The number of halogens is 1. The minimum Gasteiger partial charge on any atom is -0.355 e. The van der Waals surface area contributed by atoms with E-state index in [4.69, 9.17) is 0 Å². The first-order valence-corrected chi connectivity index (χ1v) is 6.20. The van der Waals surface area contributed by atoms with Gasteiger partial charge in [-0.1, -0.05) is 13.3 Å². The van der Waals surface area contributed by atoms with E-state index in [1.807, 2.05) is 0 Å². The zero-order chi connectivity index (χ0) is 10.7. The molecule has 2 aliphatic rings. The zero-order valence-corrected chi connectivity index (χ0v) is 10.9. The molecule has 1 aliphatic carbocycles. The monoisotopic (exact) mass is 246 g/mol. The normalized spacial score (nSPS) is 27.4. The fourth-order valence-corrected chi connectivity index (χ4v) is 2.48. The second-order valence-electron chi connectivity index (χ2n) is 5.34. The molecular weight excluding hydrogens is 224 g/mol. The van der Waals surface area contributed by atoms with Crippen molar-refractivity contribution in [1.29, 1.82) is 0 Å². The predicted molar refractivity (Wildman–Crippen MR) is 67.8 cm³/mol. The Labute approximate surface area is 104 Å². The summed E-state index contributed by atoms with van der Waals surface area (Å²) < 4.78 is 0. The van der Waals surface area contributed by atoms with E-state index >= 15 is 0 Å². The van der Waals surface area contributed by atoms with Crippen molar-refractivity contribution in [3.8, 4) is 0 Å². The van der Waals surface area contributed by atoms with Gasteiger partial charge in [-0.2, -0.15) is 0 Å². The van der Waals surface area contributed by atoms with Crippen molar-refractivity contribution < 1.29 is 4.79 Å². The Morgan fingerprint density at radius 3 is 2.69 bits per heavy atom. The molecule has 0 radical (unpaired) electrons. The second-order valence-corrected chi connectivity index (χ2v) is 5.34. The van der Waals surface area contributed by atoms with Gasteiger partial charge in [0.1, 0.15) is 0 Å². The standard InChI is InChI=1S/C12H22N2O.ClH/c1-12(5-3-6-12)11(15)14-9-10-4-2-7-13-8-10;/h10,13H,2-9H2,1H3,(H,14,15);1H.